The molecule has 18 heavy (non-hydrogen) atoms. The van der Waals surface area contributed by atoms with Crippen LogP contribution in [0.2, 0.25) is 0 Å². The largest absolute Gasteiger partial charge is 0.348 e. The van der Waals surface area contributed by atoms with E-state index in [1.54, 1.807) is 6.92 Å². The Hall–Kier alpha value is -1.35. The first-order valence-electron chi connectivity index (χ1n) is 6.60. The molecule has 1 amide bonds. The highest BCUT2D eigenvalue weighted by Gasteiger charge is 2.19. The van der Waals surface area contributed by atoms with Crippen LogP contribution in [0.4, 0.5) is 0 Å². The number of benzene rings is 1. The van der Waals surface area contributed by atoms with Crippen LogP contribution in [0.3, 0.4) is 0 Å². The number of aryl methyl sites for hydroxylation is 1. The van der Waals surface area contributed by atoms with Gasteiger partial charge in [0.1, 0.15) is 0 Å². The third-order valence-corrected chi connectivity index (χ3v) is 3.13. The summed E-state index contributed by atoms with van der Waals surface area (Å²) in [6.07, 6.45) is 1.03. The van der Waals surface area contributed by atoms with Crippen molar-refractivity contribution in [2.75, 3.05) is 0 Å². The highest BCUT2D eigenvalue weighted by atomic mass is 16.2. The van der Waals surface area contributed by atoms with Crippen molar-refractivity contribution in [3.63, 3.8) is 0 Å². The first-order chi connectivity index (χ1) is 8.45. The average molecular weight is 248 g/mol. The molecule has 0 aliphatic heterocycles. The molecule has 3 nitrogen and oxygen atoms in total. The molecule has 0 aliphatic carbocycles. The maximum absolute atomic E-state index is 11.7. The molecule has 0 saturated carbocycles. The lowest BCUT2D eigenvalue weighted by atomic mass is 9.94. The summed E-state index contributed by atoms with van der Waals surface area (Å²) in [7, 11) is 0. The van der Waals surface area contributed by atoms with E-state index in [-0.39, 0.29) is 11.9 Å². The molecule has 0 aliphatic rings. The summed E-state index contributed by atoms with van der Waals surface area (Å²) in [4.78, 5) is 11.7. The average Bonchev–Trinajstić information content (AvgIpc) is 2.35. The Bertz CT molecular complexity index is 382. The molecule has 3 N–H and O–H groups in total. The zero-order valence-electron chi connectivity index (χ0n) is 11.7. The Morgan fingerprint density at radius 2 is 1.78 bits per heavy atom. The number of nitrogens with two attached hydrogens (primary N) is 1. The highest BCUT2D eigenvalue weighted by Crippen LogP contribution is 2.22. The monoisotopic (exact) mass is 248 g/mol. The third-order valence-electron chi connectivity index (χ3n) is 3.13. The number of nitrogens with one attached hydrogen (secondary N) is 1. The van der Waals surface area contributed by atoms with Crippen LogP contribution in [0.25, 0.3) is 0 Å². The number of carbonyl (C=O) groups is 1. The molecule has 1 unspecified atom stereocenters. The molecule has 0 fully saturated rings. The van der Waals surface area contributed by atoms with Gasteiger partial charge in [-0.2, -0.15) is 0 Å². The van der Waals surface area contributed by atoms with Gasteiger partial charge in [0, 0.05) is 0 Å². The lowest BCUT2D eigenvalue weighted by Crippen LogP contribution is -2.41. The summed E-state index contributed by atoms with van der Waals surface area (Å²) >= 11 is 0. The Balaban J connectivity index is 2.87. The van der Waals surface area contributed by atoms with Gasteiger partial charge in [-0.3, -0.25) is 4.79 Å². The van der Waals surface area contributed by atoms with Crippen LogP contribution >= 0.6 is 0 Å². The van der Waals surface area contributed by atoms with Gasteiger partial charge in [0.15, 0.2) is 0 Å². The SMILES string of the molecule is CCc1ccc(C(NC(=O)[C@H](C)N)C(C)C)cc1. The van der Waals surface area contributed by atoms with E-state index in [4.69, 9.17) is 5.73 Å². The van der Waals surface area contributed by atoms with Crippen molar-refractivity contribution in [2.24, 2.45) is 11.7 Å². The van der Waals surface area contributed by atoms with Crippen LogP contribution < -0.4 is 11.1 Å². The van der Waals surface area contributed by atoms with Gasteiger partial charge in [-0.25, -0.2) is 0 Å². The molecule has 100 valence electrons. The van der Waals surface area contributed by atoms with Crippen molar-refractivity contribution in [1.82, 2.24) is 5.32 Å². The summed E-state index contributed by atoms with van der Waals surface area (Å²) < 4.78 is 0. The first kappa shape index (κ1) is 14.7. The molecule has 0 aromatic heterocycles. The van der Waals surface area contributed by atoms with Gasteiger partial charge in [0.05, 0.1) is 12.1 Å². The lowest BCUT2D eigenvalue weighted by molar-refractivity contribution is -0.123. The fourth-order valence-corrected chi connectivity index (χ4v) is 1.88. The van der Waals surface area contributed by atoms with Crippen LogP contribution in [0.15, 0.2) is 24.3 Å². The zero-order valence-corrected chi connectivity index (χ0v) is 11.7. The topological polar surface area (TPSA) is 55.1 Å². The lowest BCUT2D eigenvalue weighted by Gasteiger charge is -2.24. The number of amides is 1. The van der Waals surface area contributed by atoms with Gasteiger partial charge in [-0.1, -0.05) is 45.0 Å². The maximum Gasteiger partial charge on any atom is 0.237 e. The summed E-state index contributed by atoms with van der Waals surface area (Å²) in [6.45, 7) is 8.03. The summed E-state index contributed by atoms with van der Waals surface area (Å²) in [5.74, 6) is 0.230. The van der Waals surface area contributed by atoms with Gasteiger partial charge < -0.3 is 11.1 Å². The van der Waals surface area contributed by atoms with E-state index in [1.165, 1.54) is 5.56 Å². The molecule has 1 aromatic carbocycles. The highest BCUT2D eigenvalue weighted by molar-refractivity contribution is 5.81. The molecule has 1 aromatic rings. The normalized spacial score (nSPS) is 14.3. The van der Waals surface area contributed by atoms with Crippen LogP contribution in [0.5, 0.6) is 0 Å². The molecule has 2 atom stereocenters. The van der Waals surface area contributed by atoms with E-state index >= 15 is 0 Å². The predicted molar refractivity (Wildman–Crippen MR) is 75.2 cm³/mol. The number of rotatable bonds is 5. The molecule has 0 spiro atoms. The molecule has 3 heteroatoms. The third kappa shape index (κ3) is 3.84. The van der Waals surface area contributed by atoms with Gasteiger partial charge in [0.25, 0.3) is 0 Å². The second-order valence-corrected chi connectivity index (χ2v) is 5.11. The van der Waals surface area contributed by atoms with E-state index in [1.807, 2.05) is 0 Å². The van der Waals surface area contributed by atoms with E-state index in [2.05, 4.69) is 50.4 Å². The summed E-state index contributed by atoms with van der Waals surface area (Å²) in [5, 5.41) is 3.01. The molecule has 0 bridgehead atoms. The fourth-order valence-electron chi connectivity index (χ4n) is 1.88. The van der Waals surface area contributed by atoms with Crippen molar-refractivity contribution >= 4 is 5.91 Å². The molecular formula is C15H24N2O. The standard InChI is InChI=1S/C15H24N2O/c1-5-12-6-8-13(9-7-12)14(10(2)3)17-15(18)11(4)16/h6-11,14H,5,16H2,1-4H3,(H,17,18)/t11-,14?/m0/s1. The molecule has 0 radical (unpaired) electrons. The van der Waals surface area contributed by atoms with Crippen molar-refractivity contribution in [1.29, 1.82) is 0 Å². The van der Waals surface area contributed by atoms with Gasteiger partial charge in [-0.05, 0) is 30.4 Å². The van der Waals surface area contributed by atoms with Crippen molar-refractivity contribution < 1.29 is 4.79 Å². The minimum absolute atomic E-state index is 0.0226. The van der Waals surface area contributed by atoms with Crippen molar-refractivity contribution in [3.8, 4) is 0 Å². The number of carbonyl (C=O) groups excluding carboxylic acids is 1. The van der Waals surface area contributed by atoms with Gasteiger partial charge in [0.2, 0.25) is 5.91 Å². The first-order valence-corrected chi connectivity index (χ1v) is 6.60. The van der Waals surface area contributed by atoms with Crippen LogP contribution in [0, 0.1) is 5.92 Å². The molecule has 0 heterocycles. The number of hydrogen-bond donors (Lipinski definition) is 2. The van der Waals surface area contributed by atoms with E-state index in [9.17, 15) is 4.79 Å². The molecular weight excluding hydrogens is 224 g/mol. The van der Waals surface area contributed by atoms with Crippen LogP contribution in [-0.2, 0) is 11.2 Å². The zero-order chi connectivity index (χ0) is 13.7. The Labute approximate surface area is 110 Å². The van der Waals surface area contributed by atoms with Crippen LogP contribution in [-0.4, -0.2) is 11.9 Å². The maximum atomic E-state index is 11.7. The van der Waals surface area contributed by atoms with Crippen molar-refractivity contribution in [2.45, 2.75) is 46.2 Å². The Morgan fingerprint density at radius 1 is 1.22 bits per heavy atom. The summed E-state index contributed by atoms with van der Waals surface area (Å²) in [5.41, 5.74) is 8.04. The Morgan fingerprint density at radius 3 is 2.17 bits per heavy atom. The molecule has 0 saturated heterocycles. The fraction of sp³-hybridized carbons (Fsp3) is 0.533. The molecule has 1 rings (SSSR count). The minimum atomic E-state index is -0.471. The van der Waals surface area contributed by atoms with E-state index < -0.39 is 6.04 Å². The quantitative estimate of drug-likeness (QED) is 0.840. The summed E-state index contributed by atoms with van der Waals surface area (Å²) in [6, 6.07) is 7.96. The van der Waals surface area contributed by atoms with Crippen molar-refractivity contribution in [3.05, 3.63) is 35.4 Å². The predicted octanol–water partition coefficient (Wildman–Crippen LogP) is 2.41. The Kier molecular flexibility index (Phi) is 5.35. The minimum Gasteiger partial charge on any atom is -0.348 e. The van der Waals surface area contributed by atoms with Gasteiger partial charge in [-0.15, -0.1) is 0 Å². The van der Waals surface area contributed by atoms with Gasteiger partial charge >= 0.3 is 0 Å². The van der Waals surface area contributed by atoms with E-state index in [0.717, 1.165) is 12.0 Å². The smallest absolute Gasteiger partial charge is 0.237 e. The van der Waals surface area contributed by atoms with E-state index in [0.29, 0.717) is 5.92 Å². The number of hydrogen-bond acceptors (Lipinski definition) is 2. The van der Waals surface area contributed by atoms with Crippen LogP contribution in [0.1, 0.15) is 44.9 Å². The second-order valence-electron chi connectivity index (χ2n) is 5.11. The second kappa shape index (κ2) is 6.55.